The standard InChI is InChI=1S/C13H13N3O/c1-17-12-6-8-14-13(15-12)16-9-7-10-4-2-3-5-11(10)16/h2-6,8H,7,9H2,1H3. The largest absolute Gasteiger partial charge is 0.481 e. The molecule has 0 amide bonds. The van der Waals surface area contributed by atoms with Gasteiger partial charge in [-0.2, -0.15) is 4.98 Å². The van der Waals surface area contributed by atoms with E-state index in [4.69, 9.17) is 4.74 Å². The number of ether oxygens (including phenoxy) is 1. The van der Waals surface area contributed by atoms with E-state index in [-0.39, 0.29) is 0 Å². The highest BCUT2D eigenvalue weighted by Crippen LogP contribution is 2.32. The number of hydrogen-bond donors (Lipinski definition) is 0. The van der Waals surface area contributed by atoms with Gasteiger partial charge in [0.05, 0.1) is 7.11 Å². The van der Waals surface area contributed by atoms with E-state index in [1.807, 2.05) is 6.07 Å². The Balaban J connectivity index is 2.01. The Labute approximate surface area is 99.9 Å². The lowest BCUT2D eigenvalue weighted by Crippen LogP contribution is -2.16. The van der Waals surface area contributed by atoms with Crippen molar-refractivity contribution < 1.29 is 4.74 Å². The topological polar surface area (TPSA) is 38.2 Å². The number of fused-ring (bicyclic) bond motifs is 1. The zero-order valence-corrected chi connectivity index (χ0v) is 9.63. The smallest absolute Gasteiger partial charge is 0.233 e. The van der Waals surface area contributed by atoms with Crippen LogP contribution < -0.4 is 9.64 Å². The lowest BCUT2D eigenvalue weighted by Gasteiger charge is -2.17. The van der Waals surface area contributed by atoms with Crippen molar-refractivity contribution in [3.05, 3.63) is 42.1 Å². The number of benzene rings is 1. The first-order valence-corrected chi connectivity index (χ1v) is 5.61. The molecule has 1 aliphatic heterocycles. The molecule has 1 aromatic carbocycles. The molecule has 3 rings (SSSR count). The summed E-state index contributed by atoms with van der Waals surface area (Å²) in [6, 6.07) is 10.1. The van der Waals surface area contributed by atoms with Gasteiger partial charge in [0, 0.05) is 24.5 Å². The van der Waals surface area contributed by atoms with Crippen LogP contribution in [0.25, 0.3) is 0 Å². The quantitative estimate of drug-likeness (QED) is 0.788. The summed E-state index contributed by atoms with van der Waals surface area (Å²) >= 11 is 0. The second kappa shape index (κ2) is 4.05. The fraction of sp³-hybridized carbons (Fsp3) is 0.231. The number of nitrogens with zero attached hydrogens (tertiary/aromatic N) is 3. The number of rotatable bonds is 2. The molecule has 2 aromatic rings. The first kappa shape index (κ1) is 10.1. The molecular formula is C13H13N3O. The highest BCUT2D eigenvalue weighted by atomic mass is 16.5. The van der Waals surface area contributed by atoms with Crippen LogP contribution in [-0.4, -0.2) is 23.6 Å². The maximum Gasteiger partial charge on any atom is 0.233 e. The van der Waals surface area contributed by atoms with E-state index in [0.717, 1.165) is 13.0 Å². The Kier molecular flexibility index (Phi) is 2.40. The van der Waals surface area contributed by atoms with Gasteiger partial charge in [-0.15, -0.1) is 0 Å². The van der Waals surface area contributed by atoms with Gasteiger partial charge in [-0.05, 0) is 18.1 Å². The lowest BCUT2D eigenvalue weighted by atomic mass is 10.2. The van der Waals surface area contributed by atoms with Gasteiger partial charge in [0.2, 0.25) is 11.8 Å². The molecule has 0 atom stereocenters. The van der Waals surface area contributed by atoms with Crippen molar-refractivity contribution in [2.24, 2.45) is 0 Å². The van der Waals surface area contributed by atoms with Crippen LogP contribution >= 0.6 is 0 Å². The van der Waals surface area contributed by atoms with Gasteiger partial charge in [0.25, 0.3) is 0 Å². The first-order chi connectivity index (χ1) is 8.38. The molecule has 0 N–H and O–H groups in total. The SMILES string of the molecule is COc1ccnc(N2CCc3ccccc32)n1. The summed E-state index contributed by atoms with van der Waals surface area (Å²) < 4.78 is 5.12. The van der Waals surface area contributed by atoms with Gasteiger partial charge in [0.15, 0.2) is 0 Å². The Morgan fingerprint density at radius 2 is 2.12 bits per heavy atom. The summed E-state index contributed by atoms with van der Waals surface area (Å²) in [5, 5.41) is 0. The fourth-order valence-corrected chi connectivity index (χ4v) is 2.12. The molecule has 4 nitrogen and oxygen atoms in total. The van der Waals surface area contributed by atoms with Crippen LogP contribution in [0.5, 0.6) is 5.88 Å². The summed E-state index contributed by atoms with van der Waals surface area (Å²) in [7, 11) is 1.62. The monoisotopic (exact) mass is 227 g/mol. The third-order valence-electron chi connectivity index (χ3n) is 2.96. The highest BCUT2D eigenvalue weighted by molar-refractivity contribution is 5.65. The molecule has 1 aliphatic rings. The van der Waals surface area contributed by atoms with Gasteiger partial charge >= 0.3 is 0 Å². The van der Waals surface area contributed by atoms with Gasteiger partial charge in [-0.1, -0.05) is 18.2 Å². The van der Waals surface area contributed by atoms with Crippen molar-refractivity contribution >= 4 is 11.6 Å². The molecule has 0 saturated heterocycles. The molecular weight excluding hydrogens is 214 g/mol. The molecule has 86 valence electrons. The van der Waals surface area contributed by atoms with E-state index in [0.29, 0.717) is 11.8 Å². The molecule has 0 radical (unpaired) electrons. The van der Waals surface area contributed by atoms with Crippen molar-refractivity contribution in [2.75, 3.05) is 18.6 Å². The minimum atomic E-state index is 0.597. The summed E-state index contributed by atoms with van der Waals surface area (Å²) in [5.74, 6) is 1.30. The maximum absolute atomic E-state index is 5.12. The van der Waals surface area contributed by atoms with Crippen LogP contribution in [0.3, 0.4) is 0 Å². The van der Waals surface area contributed by atoms with Crippen LogP contribution in [0.4, 0.5) is 11.6 Å². The number of hydrogen-bond acceptors (Lipinski definition) is 4. The van der Waals surface area contributed by atoms with Crippen molar-refractivity contribution in [1.29, 1.82) is 0 Å². The summed E-state index contributed by atoms with van der Waals surface area (Å²) in [5.41, 5.74) is 2.54. The molecule has 0 aliphatic carbocycles. The molecule has 0 saturated carbocycles. The van der Waals surface area contributed by atoms with Gasteiger partial charge < -0.3 is 9.64 Å². The molecule has 0 fully saturated rings. The lowest BCUT2D eigenvalue weighted by molar-refractivity contribution is 0.397. The van der Waals surface area contributed by atoms with Crippen LogP contribution in [0, 0.1) is 0 Å². The van der Waals surface area contributed by atoms with Crippen molar-refractivity contribution in [3.8, 4) is 5.88 Å². The number of para-hydroxylation sites is 1. The molecule has 1 aromatic heterocycles. The van der Waals surface area contributed by atoms with Crippen LogP contribution in [0.15, 0.2) is 36.5 Å². The molecule has 0 bridgehead atoms. The molecule has 0 spiro atoms. The van der Waals surface area contributed by atoms with E-state index in [2.05, 4.69) is 33.1 Å². The summed E-state index contributed by atoms with van der Waals surface area (Å²) in [4.78, 5) is 10.8. The number of anilines is 2. The molecule has 17 heavy (non-hydrogen) atoms. The van der Waals surface area contributed by atoms with E-state index in [1.165, 1.54) is 11.3 Å². The van der Waals surface area contributed by atoms with Gasteiger partial charge in [-0.3, -0.25) is 0 Å². The Bertz CT molecular complexity index is 542. The molecule has 0 unspecified atom stereocenters. The van der Waals surface area contributed by atoms with Gasteiger partial charge in [-0.25, -0.2) is 4.98 Å². The van der Waals surface area contributed by atoms with Crippen LogP contribution in [-0.2, 0) is 6.42 Å². The Morgan fingerprint density at radius 3 is 3.00 bits per heavy atom. The Hall–Kier alpha value is -2.10. The van der Waals surface area contributed by atoms with Crippen molar-refractivity contribution in [3.63, 3.8) is 0 Å². The predicted octanol–water partition coefficient (Wildman–Crippen LogP) is 2.18. The predicted molar refractivity (Wildman–Crippen MR) is 65.7 cm³/mol. The summed E-state index contributed by atoms with van der Waals surface area (Å²) in [6.07, 6.45) is 2.76. The molecule has 4 heteroatoms. The van der Waals surface area contributed by atoms with E-state index in [1.54, 1.807) is 19.4 Å². The second-order valence-electron chi connectivity index (χ2n) is 3.93. The first-order valence-electron chi connectivity index (χ1n) is 5.61. The van der Waals surface area contributed by atoms with E-state index in [9.17, 15) is 0 Å². The van der Waals surface area contributed by atoms with E-state index < -0.39 is 0 Å². The van der Waals surface area contributed by atoms with E-state index >= 15 is 0 Å². The minimum Gasteiger partial charge on any atom is -0.481 e. The second-order valence-corrected chi connectivity index (χ2v) is 3.93. The summed E-state index contributed by atoms with van der Waals surface area (Å²) in [6.45, 7) is 0.923. The average molecular weight is 227 g/mol. The maximum atomic E-state index is 5.12. The fourth-order valence-electron chi connectivity index (χ4n) is 2.12. The van der Waals surface area contributed by atoms with Crippen LogP contribution in [0.2, 0.25) is 0 Å². The third-order valence-corrected chi connectivity index (χ3v) is 2.96. The Morgan fingerprint density at radius 1 is 1.24 bits per heavy atom. The normalized spacial score (nSPS) is 13.6. The highest BCUT2D eigenvalue weighted by Gasteiger charge is 2.21. The van der Waals surface area contributed by atoms with Crippen LogP contribution in [0.1, 0.15) is 5.56 Å². The number of aromatic nitrogens is 2. The molecule has 2 heterocycles. The average Bonchev–Trinajstić information content (AvgIpc) is 2.82. The third kappa shape index (κ3) is 1.71. The number of methoxy groups -OCH3 is 1. The van der Waals surface area contributed by atoms with Crippen molar-refractivity contribution in [1.82, 2.24) is 9.97 Å². The zero-order chi connectivity index (χ0) is 11.7. The van der Waals surface area contributed by atoms with Gasteiger partial charge in [0.1, 0.15) is 0 Å². The minimum absolute atomic E-state index is 0.597. The zero-order valence-electron chi connectivity index (χ0n) is 9.63. The van der Waals surface area contributed by atoms with Crippen molar-refractivity contribution in [2.45, 2.75) is 6.42 Å².